The van der Waals surface area contributed by atoms with Crippen LogP contribution in [0.25, 0.3) is 33.2 Å². The molecule has 0 saturated heterocycles. The van der Waals surface area contributed by atoms with Gasteiger partial charge in [-0.1, -0.05) is 11.3 Å². The third-order valence-electron chi connectivity index (χ3n) is 4.05. The van der Waals surface area contributed by atoms with Gasteiger partial charge in [0.1, 0.15) is 17.7 Å². The first-order valence-electron chi connectivity index (χ1n) is 7.83. The van der Waals surface area contributed by atoms with Gasteiger partial charge in [-0.15, -0.1) is 5.10 Å². The Balaban J connectivity index is 1.89. The number of nitrogens with zero attached hydrogens (tertiary/aromatic N) is 5. The molecule has 0 spiro atoms. The number of fused-ring (bicyclic) bond motifs is 2. The summed E-state index contributed by atoms with van der Waals surface area (Å²) in [6.45, 7) is -0.508. The Bertz CT molecular complexity index is 1090. The van der Waals surface area contributed by atoms with Crippen LogP contribution in [0.3, 0.4) is 0 Å². The second-order valence-corrected chi connectivity index (χ2v) is 5.60. The van der Waals surface area contributed by atoms with Crippen molar-refractivity contribution in [2.75, 3.05) is 19.5 Å². The van der Waals surface area contributed by atoms with Gasteiger partial charge in [0.2, 0.25) is 11.8 Å². The van der Waals surface area contributed by atoms with Crippen molar-refractivity contribution < 1.29 is 13.5 Å². The van der Waals surface area contributed by atoms with E-state index in [0.29, 0.717) is 33.9 Å². The Hall–Kier alpha value is -3.30. The molecule has 0 fully saturated rings. The highest BCUT2D eigenvalue weighted by Gasteiger charge is 2.17. The van der Waals surface area contributed by atoms with Crippen LogP contribution in [0.4, 0.5) is 14.7 Å². The maximum absolute atomic E-state index is 12.7. The molecule has 3 heterocycles. The van der Waals surface area contributed by atoms with Gasteiger partial charge in [-0.2, -0.15) is 9.97 Å². The van der Waals surface area contributed by atoms with Crippen molar-refractivity contribution in [3.63, 3.8) is 0 Å². The fraction of sp³-hybridized carbons (Fsp3) is 0.250. The SMILES string of the molecule is CNc1nc(OC)c2c(-c3ccc4nnn(CC(F)F)c4c3)c[nH]c2n1. The van der Waals surface area contributed by atoms with Crippen molar-refractivity contribution >= 4 is 28.0 Å². The number of anilines is 1. The van der Waals surface area contributed by atoms with E-state index in [1.165, 1.54) is 11.8 Å². The predicted octanol–water partition coefficient (Wildman–Crippen LogP) is 2.69. The number of methoxy groups -OCH3 is 1. The van der Waals surface area contributed by atoms with Crippen molar-refractivity contribution in [2.24, 2.45) is 0 Å². The fourth-order valence-electron chi connectivity index (χ4n) is 2.89. The van der Waals surface area contributed by atoms with Crippen LogP contribution < -0.4 is 10.1 Å². The summed E-state index contributed by atoms with van der Waals surface area (Å²) >= 11 is 0. The van der Waals surface area contributed by atoms with Crippen LogP contribution in [0.2, 0.25) is 0 Å². The van der Waals surface area contributed by atoms with Crippen molar-refractivity contribution in [2.45, 2.75) is 13.0 Å². The molecule has 0 aliphatic rings. The van der Waals surface area contributed by atoms with Crippen LogP contribution in [-0.4, -0.2) is 50.5 Å². The monoisotopic (exact) mass is 359 g/mol. The molecule has 0 bridgehead atoms. The third kappa shape index (κ3) is 2.59. The smallest absolute Gasteiger partial charge is 0.258 e. The number of hydrogen-bond donors (Lipinski definition) is 2. The van der Waals surface area contributed by atoms with Gasteiger partial charge in [0.25, 0.3) is 6.43 Å². The van der Waals surface area contributed by atoms with E-state index in [4.69, 9.17) is 4.74 Å². The second kappa shape index (κ2) is 6.21. The van der Waals surface area contributed by atoms with E-state index < -0.39 is 13.0 Å². The summed E-state index contributed by atoms with van der Waals surface area (Å²) < 4.78 is 32.1. The lowest BCUT2D eigenvalue weighted by molar-refractivity contribution is 0.122. The minimum absolute atomic E-state index is 0.412. The molecule has 26 heavy (non-hydrogen) atoms. The summed E-state index contributed by atoms with van der Waals surface area (Å²) in [7, 11) is 3.25. The standard InChI is InChI=1S/C16H15F2N7O/c1-19-16-21-14-13(15(22-16)26-2)9(6-20-14)8-3-4-10-11(5-8)25(24-23-10)7-12(17)18/h3-6,12H,7H2,1-2H3,(H2,19,20,21,22). The summed E-state index contributed by atoms with van der Waals surface area (Å²) in [4.78, 5) is 11.8. The molecule has 4 aromatic rings. The number of H-pyrrole nitrogens is 1. The zero-order valence-electron chi connectivity index (χ0n) is 14.0. The van der Waals surface area contributed by atoms with E-state index in [9.17, 15) is 8.78 Å². The normalized spacial score (nSPS) is 11.6. The highest BCUT2D eigenvalue weighted by atomic mass is 19.3. The number of hydrogen-bond acceptors (Lipinski definition) is 6. The van der Waals surface area contributed by atoms with Crippen LogP contribution in [0.5, 0.6) is 5.88 Å². The first-order valence-corrected chi connectivity index (χ1v) is 7.83. The van der Waals surface area contributed by atoms with Gasteiger partial charge in [0.15, 0.2) is 0 Å². The second-order valence-electron chi connectivity index (χ2n) is 5.60. The Morgan fingerprint density at radius 2 is 2.15 bits per heavy atom. The molecule has 10 heteroatoms. The first-order chi connectivity index (χ1) is 12.6. The van der Waals surface area contributed by atoms with Crippen molar-refractivity contribution in [1.82, 2.24) is 29.9 Å². The van der Waals surface area contributed by atoms with E-state index in [1.807, 2.05) is 6.07 Å². The number of benzene rings is 1. The molecule has 4 rings (SSSR count). The molecule has 3 aromatic heterocycles. The van der Waals surface area contributed by atoms with Crippen molar-refractivity contribution in [1.29, 1.82) is 0 Å². The molecular formula is C16H15F2N7O. The molecule has 8 nitrogen and oxygen atoms in total. The zero-order chi connectivity index (χ0) is 18.3. The van der Waals surface area contributed by atoms with Crippen molar-refractivity contribution in [3.05, 3.63) is 24.4 Å². The Morgan fingerprint density at radius 1 is 1.31 bits per heavy atom. The molecule has 0 aliphatic carbocycles. The largest absolute Gasteiger partial charge is 0.480 e. The van der Waals surface area contributed by atoms with Gasteiger partial charge in [-0.25, -0.2) is 13.5 Å². The summed E-state index contributed by atoms with van der Waals surface area (Å²) in [5.41, 5.74) is 3.28. The Kier molecular flexibility index (Phi) is 3.86. The third-order valence-corrected chi connectivity index (χ3v) is 4.05. The topological polar surface area (TPSA) is 93.5 Å². The van der Waals surface area contributed by atoms with Gasteiger partial charge in [-0.3, -0.25) is 0 Å². The average Bonchev–Trinajstić information content (AvgIpc) is 3.24. The molecule has 0 aliphatic heterocycles. The van der Waals surface area contributed by atoms with Gasteiger partial charge >= 0.3 is 0 Å². The number of halogens is 2. The highest BCUT2D eigenvalue weighted by Crippen LogP contribution is 2.35. The summed E-state index contributed by atoms with van der Waals surface area (Å²) in [5, 5.41) is 11.3. The van der Waals surface area contributed by atoms with Crippen LogP contribution in [0.15, 0.2) is 24.4 Å². The summed E-state index contributed by atoms with van der Waals surface area (Å²) in [5.74, 6) is 0.840. The van der Waals surface area contributed by atoms with E-state index in [0.717, 1.165) is 11.1 Å². The molecule has 0 atom stereocenters. The summed E-state index contributed by atoms with van der Waals surface area (Å²) in [6, 6.07) is 5.36. The first kappa shape index (κ1) is 16.2. The molecular weight excluding hydrogens is 344 g/mol. The maximum atomic E-state index is 12.7. The molecule has 0 saturated carbocycles. The fourth-order valence-corrected chi connectivity index (χ4v) is 2.89. The lowest BCUT2D eigenvalue weighted by atomic mass is 10.1. The molecule has 134 valence electrons. The lowest BCUT2D eigenvalue weighted by Gasteiger charge is -2.07. The maximum Gasteiger partial charge on any atom is 0.258 e. The van der Waals surface area contributed by atoms with E-state index in [2.05, 4.69) is 30.6 Å². The molecule has 1 aromatic carbocycles. The lowest BCUT2D eigenvalue weighted by Crippen LogP contribution is -2.07. The minimum Gasteiger partial charge on any atom is -0.480 e. The number of nitrogens with one attached hydrogen (secondary N) is 2. The zero-order valence-corrected chi connectivity index (χ0v) is 14.0. The Labute approximate surface area is 146 Å². The highest BCUT2D eigenvalue weighted by molar-refractivity contribution is 5.99. The van der Waals surface area contributed by atoms with Gasteiger partial charge in [0, 0.05) is 18.8 Å². The number of ether oxygens (including phenoxy) is 1. The number of aromatic nitrogens is 6. The number of alkyl halides is 2. The van der Waals surface area contributed by atoms with Crippen LogP contribution in [0.1, 0.15) is 0 Å². The van der Waals surface area contributed by atoms with E-state index in [-0.39, 0.29) is 0 Å². The molecule has 0 unspecified atom stereocenters. The van der Waals surface area contributed by atoms with Gasteiger partial charge < -0.3 is 15.0 Å². The van der Waals surface area contributed by atoms with Gasteiger partial charge in [-0.05, 0) is 17.7 Å². The predicted molar refractivity (Wildman–Crippen MR) is 92.5 cm³/mol. The molecule has 0 amide bonds. The number of aromatic amines is 1. The van der Waals surface area contributed by atoms with Gasteiger partial charge in [0.05, 0.1) is 18.0 Å². The minimum atomic E-state index is -2.51. The van der Waals surface area contributed by atoms with E-state index >= 15 is 0 Å². The van der Waals surface area contributed by atoms with Crippen molar-refractivity contribution in [3.8, 4) is 17.0 Å². The van der Waals surface area contributed by atoms with E-state index in [1.54, 1.807) is 25.4 Å². The molecule has 0 radical (unpaired) electrons. The van der Waals surface area contributed by atoms with Crippen LogP contribution in [0, 0.1) is 0 Å². The van der Waals surface area contributed by atoms with Crippen LogP contribution >= 0.6 is 0 Å². The number of rotatable bonds is 5. The average molecular weight is 359 g/mol. The quantitative estimate of drug-likeness (QED) is 0.569. The summed E-state index contributed by atoms with van der Waals surface area (Å²) in [6.07, 6.45) is -0.728. The Morgan fingerprint density at radius 3 is 2.88 bits per heavy atom. The molecule has 2 N–H and O–H groups in total. The van der Waals surface area contributed by atoms with Crippen LogP contribution in [-0.2, 0) is 6.54 Å².